The Hall–Kier alpha value is -2.37. The predicted octanol–water partition coefficient (Wildman–Crippen LogP) is 7.89. The molecule has 0 amide bonds. The molecule has 0 unspecified atom stereocenters. The summed E-state index contributed by atoms with van der Waals surface area (Å²) >= 11 is 0. The number of hydrogen-bond acceptors (Lipinski definition) is 3. The minimum atomic E-state index is -1.36. The summed E-state index contributed by atoms with van der Waals surface area (Å²) < 4.78 is 0. The molecule has 0 heterocycles. The molecule has 0 saturated carbocycles. The third kappa shape index (κ3) is 9.94. The van der Waals surface area contributed by atoms with E-state index in [1.165, 1.54) is 0 Å². The van der Waals surface area contributed by atoms with Gasteiger partial charge >= 0.3 is 17.9 Å². The molecule has 0 aromatic heterocycles. The van der Waals surface area contributed by atoms with Crippen LogP contribution in [0.5, 0.6) is 0 Å². The van der Waals surface area contributed by atoms with Gasteiger partial charge in [-0.05, 0) is 73.0 Å². The van der Waals surface area contributed by atoms with E-state index in [2.05, 4.69) is 41.5 Å². The first-order valence-electron chi connectivity index (χ1n) is 13.8. The molecule has 0 aliphatic heterocycles. The van der Waals surface area contributed by atoms with Crippen molar-refractivity contribution >= 4 is 17.9 Å². The van der Waals surface area contributed by atoms with Crippen molar-refractivity contribution in [2.75, 3.05) is 0 Å². The molecule has 0 fully saturated rings. The van der Waals surface area contributed by atoms with Crippen LogP contribution in [0, 0.1) is 17.8 Å². The highest BCUT2D eigenvalue weighted by Crippen LogP contribution is 2.33. The fraction of sp³-hybridized carbons (Fsp3) is 0.700. The van der Waals surface area contributed by atoms with Crippen LogP contribution in [0.25, 0.3) is 0 Å². The maximum absolute atomic E-state index is 12.6. The summed E-state index contributed by atoms with van der Waals surface area (Å²) in [5.74, 6) is -2.27. The number of hydrogen-bond donors (Lipinski definition) is 3. The van der Waals surface area contributed by atoms with Gasteiger partial charge in [-0.3, -0.25) is 0 Å². The molecule has 0 aliphatic rings. The third-order valence-electron chi connectivity index (χ3n) is 6.84. The topological polar surface area (TPSA) is 112 Å². The molecule has 36 heavy (non-hydrogen) atoms. The van der Waals surface area contributed by atoms with Gasteiger partial charge in [-0.25, -0.2) is 14.4 Å². The molecule has 0 spiro atoms. The van der Waals surface area contributed by atoms with Crippen molar-refractivity contribution in [2.24, 2.45) is 17.8 Å². The zero-order valence-electron chi connectivity index (χ0n) is 23.3. The van der Waals surface area contributed by atoms with Gasteiger partial charge in [0.15, 0.2) is 0 Å². The maximum atomic E-state index is 12.6. The zero-order valence-corrected chi connectivity index (χ0v) is 23.3. The largest absolute Gasteiger partial charge is 0.478 e. The van der Waals surface area contributed by atoms with Crippen LogP contribution in [0.4, 0.5) is 0 Å². The number of aromatic carboxylic acids is 3. The highest BCUT2D eigenvalue weighted by molar-refractivity contribution is 6.07. The van der Waals surface area contributed by atoms with E-state index in [-0.39, 0.29) is 28.7 Å². The second-order valence-electron chi connectivity index (χ2n) is 11.4. The van der Waals surface area contributed by atoms with Crippen molar-refractivity contribution in [2.45, 2.75) is 119 Å². The molecular formula is C30H48O6. The molecule has 1 rings (SSSR count). The number of benzene rings is 1. The van der Waals surface area contributed by atoms with Gasteiger partial charge in [-0.2, -0.15) is 0 Å². The second kappa shape index (κ2) is 15.7. The Morgan fingerprint density at radius 3 is 1.06 bits per heavy atom. The van der Waals surface area contributed by atoms with E-state index in [9.17, 15) is 29.7 Å². The third-order valence-corrected chi connectivity index (χ3v) is 6.84. The molecule has 204 valence electrons. The van der Waals surface area contributed by atoms with Gasteiger partial charge in [-0.15, -0.1) is 0 Å². The number of carboxylic acid groups (broad SMARTS) is 3. The van der Waals surface area contributed by atoms with Gasteiger partial charge in [0.1, 0.15) is 0 Å². The summed E-state index contributed by atoms with van der Waals surface area (Å²) in [4.78, 5) is 37.5. The van der Waals surface area contributed by atoms with Gasteiger partial charge in [0.05, 0.1) is 16.7 Å². The van der Waals surface area contributed by atoms with Crippen molar-refractivity contribution in [3.63, 3.8) is 0 Å². The van der Waals surface area contributed by atoms with Gasteiger partial charge in [0.2, 0.25) is 0 Å². The van der Waals surface area contributed by atoms with Crippen LogP contribution in [0.3, 0.4) is 0 Å². The Morgan fingerprint density at radius 2 is 0.750 bits per heavy atom. The number of carboxylic acids is 3. The predicted molar refractivity (Wildman–Crippen MR) is 144 cm³/mol. The Bertz CT molecular complexity index is 882. The van der Waals surface area contributed by atoms with E-state index >= 15 is 0 Å². The summed E-state index contributed by atoms with van der Waals surface area (Å²) in [7, 11) is 0. The Morgan fingerprint density at radius 1 is 0.472 bits per heavy atom. The Balaban J connectivity index is 3.69. The van der Waals surface area contributed by atoms with Crippen LogP contribution in [-0.4, -0.2) is 33.2 Å². The van der Waals surface area contributed by atoms with Crippen molar-refractivity contribution < 1.29 is 29.7 Å². The average Bonchev–Trinajstić information content (AvgIpc) is 2.75. The van der Waals surface area contributed by atoms with E-state index in [4.69, 9.17) is 0 Å². The fourth-order valence-electron chi connectivity index (χ4n) is 5.01. The first-order chi connectivity index (χ1) is 16.9. The van der Waals surface area contributed by atoms with Crippen molar-refractivity contribution in [3.05, 3.63) is 33.4 Å². The molecule has 1 aromatic carbocycles. The number of rotatable bonds is 18. The summed E-state index contributed by atoms with van der Waals surface area (Å²) in [6.07, 6.45) is 8.72. The highest BCUT2D eigenvalue weighted by Gasteiger charge is 2.32. The highest BCUT2D eigenvalue weighted by atomic mass is 16.4. The second-order valence-corrected chi connectivity index (χ2v) is 11.4. The summed E-state index contributed by atoms with van der Waals surface area (Å²) in [6, 6.07) is 0. The minimum Gasteiger partial charge on any atom is -0.478 e. The molecular weight excluding hydrogens is 456 g/mol. The van der Waals surface area contributed by atoms with Crippen LogP contribution in [-0.2, 0) is 19.3 Å². The fourth-order valence-corrected chi connectivity index (χ4v) is 5.01. The lowest BCUT2D eigenvalue weighted by Crippen LogP contribution is -2.22. The summed E-state index contributed by atoms with van der Waals surface area (Å²) in [6.45, 7) is 12.8. The standard InChI is InChI=1S/C30H48O6/c1-19(2)13-7-10-16-22-23(17-11-8-14-20(3)4)26(29(33)34)27(30(35)36)24(25(22)28(31)32)18-12-9-15-21(5)6/h19-21H,7-18H2,1-6H3,(H,31,32)(H,33,34)(H,35,36). The first-order valence-corrected chi connectivity index (χ1v) is 13.8. The van der Waals surface area contributed by atoms with Crippen molar-refractivity contribution in [1.29, 1.82) is 0 Å². The molecule has 6 nitrogen and oxygen atoms in total. The Kier molecular flexibility index (Phi) is 13.8. The van der Waals surface area contributed by atoms with Gasteiger partial charge < -0.3 is 15.3 Å². The van der Waals surface area contributed by atoms with E-state index < -0.39 is 17.9 Å². The zero-order chi connectivity index (χ0) is 27.4. The number of unbranched alkanes of at least 4 members (excludes halogenated alkanes) is 3. The minimum absolute atomic E-state index is 0.0327. The van der Waals surface area contributed by atoms with Gasteiger partial charge in [0.25, 0.3) is 0 Å². The summed E-state index contributed by atoms with van der Waals surface area (Å²) in [5.41, 5.74) is 0.642. The molecule has 1 aromatic rings. The van der Waals surface area contributed by atoms with E-state index in [0.29, 0.717) is 54.6 Å². The van der Waals surface area contributed by atoms with E-state index in [1.54, 1.807) is 0 Å². The van der Waals surface area contributed by atoms with Crippen LogP contribution < -0.4 is 0 Å². The smallest absolute Gasteiger partial charge is 0.336 e. The monoisotopic (exact) mass is 504 g/mol. The number of carbonyl (C=O) groups is 3. The van der Waals surface area contributed by atoms with E-state index in [0.717, 1.165) is 44.9 Å². The molecule has 0 radical (unpaired) electrons. The molecule has 0 saturated heterocycles. The quantitative estimate of drug-likeness (QED) is 0.175. The molecule has 0 aliphatic carbocycles. The maximum Gasteiger partial charge on any atom is 0.336 e. The van der Waals surface area contributed by atoms with Crippen LogP contribution in [0.15, 0.2) is 0 Å². The van der Waals surface area contributed by atoms with E-state index in [1.807, 2.05) is 0 Å². The van der Waals surface area contributed by atoms with Crippen molar-refractivity contribution in [1.82, 2.24) is 0 Å². The average molecular weight is 505 g/mol. The molecule has 0 atom stereocenters. The Labute approximate surface area is 217 Å². The van der Waals surface area contributed by atoms with Crippen LogP contribution in [0.1, 0.15) is 147 Å². The molecule has 3 N–H and O–H groups in total. The van der Waals surface area contributed by atoms with Crippen LogP contribution >= 0.6 is 0 Å². The van der Waals surface area contributed by atoms with Gasteiger partial charge in [-0.1, -0.05) is 80.1 Å². The van der Waals surface area contributed by atoms with Gasteiger partial charge in [0, 0.05) is 0 Å². The lowest BCUT2D eigenvalue weighted by molar-refractivity contribution is 0.0646. The normalized spacial score (nSPS) is 11.6. The SMILES string of the molecule is CC(C)CCCCc1c(CCCCC(C)C)c(C(=O)O)c(C(=O)O)c(CCCCC(C)C)c1C(=O)O. The molecule has 0 bridgehead atoms. The first kappa shape index (κ1) is 31.7. The lowest BCUT2D eigenvalue weighted by Gasteiger charge is -2.23. The van der Waals surface area contributed by atoms with Crippen LogP contribution in [0.2, 0.25) is 0 Å². The van der Waals surface area contributed by atoms with Crippen molar-refractivity contribution in [3.8, 4) is 0 Å². The molecule has 6 heteroatoms. The lowest BCUT2D eigenvalue weighted by atomic mass is 9.80. The summed E-state index contributed by atoms with van der Waals surface area (Å²) in [5, 5.41) is 30.6.